The Hall–Kier alpha value is -0.580. The monoisotopic (exact) mass is 504 g/mol. The van der Waals surface area contributed by atoms with Crippen LogP contribution >= 0.6 is 24.0 Å². The number of halogens is 1. The van der Waals surface area contributed by atoms with Gasteiger partial charge in [0.2, 0.25) is 5.91 Å². The van der Waals surface area contributed by atoms with Crippen LogP contribution in [0.15, 0.2) is 4.99 Å². The zero-order valence-corrected chi connectivity index (χ0v) is 20.6. The Balaban J connectivity index is 0. The number of guanidine groups is 1. The number of rotatable bonds is 8. The van der Waals surface area contributed by atoms with Gasteiger partial charge in [-0.05, 0) is 39.5 Å². The summed E-state index contributed by atoms with van der Waals surface area (Å²) in [5.41, 5.74) is -0.515. The first kappa shape index (κ1) is 27.6. The number of aliphatic imine (C=N–C) groups is 1. The third-order valence-corrected chi connectivity index (χ3v) is 4.34. The molecule has 0 unspecified atom stereocenters. The van der Waals surface area contributed by atoms with E-state index in [1.54, 1.807) is 4.90 Å². The molecule has 7 nitrogen and oxygen atoms in total. The minimum atomic E-state index is -2.98. The highest BCUT2D eigenvalue weighted by Gasteiger charge is 2.21. The van der Waals surface area contributed by atoms with Crippen molar-refractivity contribution in [2.24, 2.45) is 10.4 Å². The summed E-state index contributed by atoms with van der Waals surface area (Å²) in [5.74, 6) is 0.714. The highest BCUT2D eigenvalue weighted by atomic mass is 127. The van der Waals surface area contributed by atoms with Crippen LogP contribution in [0.3, 0.4) is 0 Å². The Labute approximate surface area is 176 Å². The minimum Gasteiger partial charge on any atom is -0.357 e. The van der Waals surface area contributed by atoms with Crippen molar-refractivity contribution in [1.82, 2.24) is 15.5 Å². The molecule has 0 saturated carbocycles. The van der Waals surface area contributed by atoms with E-state index >= 15 is 0 Å². The van der Waals surface area contributed by atoms with Gasteiger partial charge in [0.05, 0.1) is 12.3 Å². The molecule has 0 atom stereocenters. The number of hydrogen-bond acceptors (Lipinski definition) is 4. The fraction of sp³-hybridized carbons (Fsp3) is 0.882. The van der Waals surface area contributed by atoms with Crippen LogP contribution in [-0.2, 0) is 14.6 Å². The Kier molecular flexibility index (Phi) is 12.0. The van der Waals surface area contributed by atoms with Crippen molar-refractivity contribution in [3.05, 3.63) is 0 Å². The molecule has 0 aromatic carbocycles. The topological polar surface area (TPSA) is 90.9 Å². The fourth-order valence-corrected chi connectivity index (χ4v) is 2.97. The Morgan fingerprint density at radius 1 is 1.15 bits per heavy atom. The molecule has 0 saturated heterocycles. The van der Waals surface area contributed by atoms with E-state index in [9.17, 15) is 13.2 Å². The van der Waals surface area contributed by atoms with Crippen LogP contribution in [-0.4, -0.2) is 69.4 Å². The molecule has 0 aliphatic rings. The zero-order valence-electron chi connectivity index (χ0n) is 17.5. The van der Waals surface area contributed by atoms with Gasteiger partial charge in [-0.25, -0.2) is 8.42 Å². The first-order valence-corrected chi connectivity index (χ1v) is 10.7. The number of sulfone groups is 1. The maximum absolute atomic E-state index is 12.1. The number of nitrogens with zero attached hydrogens (tertiary/aromatic N) is 2. The van der Waals surface area contributed by atoms with Crippen molar-refractivity contribution in [1.29, 1.82) is 0 Å². The maximum Gasteiger partial charge on any atom is 0.240 e. The molecule has 0 bridgehead atoms. The van der Waals surface area contributed by atoms with Crippen LogP contribution < -0.4 is 10.6 Å². The first-order chi connectivity index (χ1) is 11.2. The minimum absolute atomic E-state index is 0. The molecule has 156 valence electrons. The van der Waals surface area contributed by atoms with Crippen LogP contribution in [0.25, 0.3) is 0 Å². The van der Waals surface area contributed by atoms with Crippen LogP contribution in [0, 0.1) is 5.41 Å². The maximum atomic E-state index is 12.1. The highest BCUT2D eigenvalue weighted by Crippen LogP contribution is 2.21. The van der Waals surface area contributed by atoms with Crippen molar-refractivity contribution >= 4 is 45.7 Å². The summed E-state index contributed by atoms with van der Waals surface area (Å²) in [6, 6.07) is 0. The largest absolute Gasteiger partial charge is 0.357 e. The van der Waals surface area contributed by atoms with Crippen molar-refractivity contribution in [2.45, 2.75) is 53.5 Å². The molecule has 0 rings (SSSR count). The Morgan fingerprint density at radius 3 is 2.12 bits per heavy atom. The second-order valence-corrected chi connectivity index (χ2v) is 10.6. The van der Waals surface area contributed by atoms with Crippen molar-refractivity contribution < 1.29 is 13.2 Å². The summed E-state index contributed by atoms with van der Waals surface area (Å²) < 4.78 is 22.7. The molecular formula is C17H37IN4O3S. The van der Waals surface area contributed by atoms with Crippen LogP contribution in [0.1, 0.15) is 48.0 Å². The number of likely N-dealkylation sites (N-methyl/N-ethyl adjacent to an activating group) is 1. The van der Waals surface area contributed by atoms with Crippen molar-refractivity contribution in [3.63, 3.8) is 0 Å². The summed E-state index contributed by atoms with van der Waals surface area (Å²) in [4.78, 5) is 18.5. The lowest BCUT2D eigenvalue weighted by molar-refractivity contribution is -0.122. The lowest BCUT2D eigenvalue weighted by Crippen LogP contribution is -2.49. The van der Waals surface area contributed by atoms with Gasteiger partial charge in [-0.1, -0.05) is 13.8 Å². The van der Waals surface area contributed by atoms with E-state index in [-0.39, 0.29) is 53.1 Å². The molecule has 9 heteroatoms. The van der Waals surface area contributed by atoms with E-state index < -0.39 is 9.84 Å². The van der Waals surface area contributed by atoms with Crippen LogP contribution in [0.2, 0.25) is 0 Å². The standard InChI is InChI=1S/C17H36N4O3S.HI/c1-9-18-15(21(7)12-14(22)20-16(2,3)4)19-13-17(5,6)10-11-25(8,23)24;/h9-13H2,1-8H3,(H,18,19)(H,20,22);1H. The molecule has 0 aliphatic heterocycles. The molecular weight excluding hydrogens is 467 g/mol. The van der Waals surface area contributed by atoms with E-state index in [4.69, 9.17) is 0 Å². The molecule has 0 fully saturated rings. The SMILES string of the molecule is CCNC(=NCC(C)(C)CCS(C)(=O)=O)N(C)CC(=O)NC(C)(C)C.I. The molecule has 0 aromatic heterocycles. The Morgan fingerprint density at radius 2 is 1.69 bits per heavy atom. The summed E-state index contributed by atoms with van der Waals surface area (Å²) in [6.07, 6.45) is 1.79. The van der Waals surface area contributed by atoms with E-state index in [0.717, 1.165) is 0 Å². The third kappa shape index (κ3) is 14.6. The molecule has 1 amide bonds. The van der Waals surface area contributed by atoms with Gasteiger partial charge in [-0.3, -0.25) is 9.79 Å². The lowest BCUT2D eigenvalue weighted by atomic mass is 9.90. The van der Waals surface area contributed by atoms with Gasteiger partial charge in [-0.2, -0.15) is 0 Å². The van der Waals surface area contributed by atoms with Gasteiger partial charge in [0, 0.05) is 31.9 Å². The smallest absolute Gasteiger partial charge is 0.240 e. The lowest BCUT2D eigenvalue weighted by Gasteiger charge is -2.27. The van der Waals surface area contributed by atoms with Crippen molar-refractivity contribution in [3.8, 4) is 0 Å². The predicted octanol–water partition coefficient (Wildman–Crippen LogP) is 1.88. The Bertz CT molecular complexity index is 569. The molecule has 0 aromatic rings. The average molecular weight is 504 g/mol. The highest BCUT2D eigenvalue weighted by molar-refractivity contribution is 14.0. The van der Waals surface area contributed by atoms with Gasteiger partial charge < -0.3 is 15.5 Å². The second kappa shape index (κ2) is 11.3. The summed E-state index contributed by atoms with van der Waals surface area (Å²) in [6.45, 7) is 13.1. The van der Waals surface area contributed by atoms with E-state index in [1.165, 1.54) is 6.26 Å². The molecule has 0 heterocycles. The fourth-order valence-electron chi connectivity index (χ4n) is 2.05. The molecule has 26 heavy (non-hydrogen) atoms. The van der Waals surface area contributed by atoms with E-state index in [2.05, 4.69) is 15.6 Å². The van der Waals surface area contributed by atoms with Crippen LogP contribution in [0.4, 0.5) is 0 Å². The molecule has 0 aliphatic carbocycles. The van der Waals surface area contributed by atoms with Gasteiger partial charge >= 0.3 is 0 Å². The van der Waals surface area contributed by atoms with Gasteiger partial charge in [0.25, 0.3) is 0 Å². The third-order valence-electron chi connectivity index (χ3n) is 3.40. The van der Waals surface area contributed by atoms with Crippen LogP contribution in [0.5, 0.6) is 0 Å². The van der Waals surface area contributed by atoms with Gasteiger partial charge in [0.1, 0.15) is 9.84 Å². The molecule has 2 N–H and O–H groups in total. The molecule has 0 radical (unpaired) electrons. The number of nitrogens with one attached hydrogen (secondary N) is 2. The molecule has 0 spiro atoms. The number of carbonyl (C=O) groups is 1. The summed E-state index contributed by atoms with van der Waals surface area (Å²) in [5, 5.41) is 6.10. The van der Waals surface area contributed by atoms with E-state index in [1.807, 2.05) is 48.6 Å². The summed E-state index contributed by atoms with van der Waals surface area (Å²) >= 11 is 0. The van der Waals surface area contributed by atoms with E-state index in [0.29, 0.717) is 25.5 Å². The predicted molar refractivity (Wildman–Crippen MR) is 120 cm³/mol. The first-order valence-electron chi connectivity index (χ1n) is 8.63. The van der Waals surface area contributed by atoms with Crippen molar-refractivity contribution in [2.75, 3.05) is 38.7 Å². The van der Waals surface area contributed by atoms with Gasteiger partial charge in [0.15, 0.2) is 5.96 Å². The number of hydrogen-bond donors (Lipinski definition) is 2. The normalized spacial score (nSPS) is 13.0. The zero-order chi connectivity index (χ0) is 19.9. The average Bonchev–Trinajstić information content (AvgIpc) is 2.38. The van der Waals surface area contributed by atoms with Gasteiger partial charge in [-0.15, -0.1) is 24.0 Å². The quantitative estimate of drug-likeness (QED) is 0.299. The number of carbonyl (C=O) groups excluding carboxylic acids is 1. The summed E-state index contributed by atoms with van der Waals surface area (Å²) in [7, 11) is -1.17. The number of amides is 1. The second-order valence-electron chi connectivity index (χ2n) is 8.37.